The number of hydrogen-bond acceptors (Lipinski definition) is 11. The van der Waals surface area contributed by atoms with Crippen LogP contribution in [0.4, 0.5) is 0 Å². The van der Waals surface area contributed by atoms with E-state index in [4.69, 9.17) is 44.0 Å². The van der Waals surface area contributed by atoms with Crippen LogP contribution in [0, 0.1) is 11.8 Å². The SMILES string of the molecule is CC(C)N.COc1cc([C@@H]2c3cc4c(cc3[C@H](OC(=O)CCCC(=O)O)[C@H]3COC(=O)[C@H]23)OCO4)cc(OC)c1OC. The van der Waals surface area contributed by atoms with E-state index in [-0.39, 0.29) is 32.7 Å². The average molecular weight is 588 g/mol. The molecule has 0 aromatic heterocycles. The zero-order chi connectivity index (χ0) is 30.6. The quantitative estimate of drug-likeness (QED) is 0.411. The Labute approximate surface area is 243 Å². The van der Waals surface area contributed by atoms with Crippen molar-refractivity contribution in [3.05, 3.63) is 41.0 Å². The molecule has 2 aromatic carbocycles. The minimum atomic E-state index is -0.989. The molecule has 2 heterocycles. The lowest BCUT2D eigenvalue weighted by atomic mass is 9.66. The first-order valence-corrected chi connectivity index (χ1v) is 13.7. The van der Waals surface area contributed by atoms with Crippen LogP contribution in [0.3, 0.4) is 0 Å². The Balaban J connectivity index is 0.000000952. The Morgan fingerprint density at radius 3 is 2.10 bits per heavy atom. The van der Waals surface area contributed by atoms with Crippen LogP contribution in [0.5, 0.6) is 28.7 Å². The van der Waals surface area contributed by atoms with Crippen molar-refractivity contribution in [2.24, 2.45) is 17.6 Å². The normalized spacial score (nSPS) is 21.4. The van der Waals surface area contributed by atoms with Crippen molar-refractivity contribution in [1.29, 1.82) is 0 Å². The van der Waals surface area contributed by atoms with Gasteiger partial charge in [-0.05, 0) is 47.9 Å². The molecule has 1 saturated heterocycles. The lowest BCUT2D eigenvalue weighted by Gasteiger charge is -2.38. The van der Waals surface area contributed by atoms with Gasteiger partial charge in [0.05, 0.1) is 33.9 Å². The largest absolute Gasteiger partial charge is 0.493 e. The second-order valence-corrected chi connectivity index (χ2v) is 10.5. The lowest BCUT2D eigenvalue weighted by Crippen LogP contribution is -2.36. The molecule has 0 amide bonds. The summed E-state index contributed by atoms with van der Waals surface area (Å²) in [6.07, 6.45) is -0.865. The van der Waals surface area contributed by atoms with Gasteiger partial charge in [0.2, 0.25) is 12.5 Å². The number of carboxylic acid groups (broad SMARTS) is 1. The first-order valence-electron chi connectivity index (χ1n) is 13.7. The summed E-state index contributed by atoms with van der Waals surface area (Å²) in [5.41, 5.74) is 7.21. The molecule has 4 atom stereocenters. The third-order valence-corrected chi connectivity index (χ3v) is 7.20. The maximum Gasteiger partial charge on any atom is 0.310 e. The van der Waals surface area contributed by atoms with E-state index in [1.807, 2.05) is 13.8 Å². The number of esters is 2. The molecule has 3 N–H and O–H groups in total. The molecule has 0 unspecified atom stereocenters. The van der Waals surface area contributed by atoms with E-state index >= 15 is 0 Å². The number of hydrogen-bond donors (Lipinski definition) is 2. The van der Waals surface area contributed by atoms with E-state index in [1.54, 1.807) is 24.3 Å². The Morgan fingerprint density at radius 2 is 1.55 bits per heavy atom. The van der Waals surface area contributed by atoms with E-state index in [9.17, 15) is 14.4 Å². The first kappa shape index (κ1) is 30.8. The highest BCUT2D eigenvalue weighted by molar-refractivity contribution is 5.79. The summed E-state index contributed by atoms with van der Waals surface area (Å²) in [4.78, 5) is 36.8. The summed E-state index contributed by atoms with van der Waals surface area (Å²) in [6.45, 7) is 3.99. The van der Waals surface area contributed by atoms with Crippen LogP contribution in [-0.2, 0) is 23.9 Å². The predicted octanol–water partition coefficient (Wildman–Crippen LogP) is 3.57. The third-order valence-electron chi connectivity index (χ3n) is 7.20. The Bertz CT molecular complexity index is 1300. The number of carbonyl (C=O) groups excluding carboxylic acids is 2. The summed E-state index contributed by atoms with van der Waals surface area (Å²) in [5.74, 6) is -1.33. The summed E-state index contributed by atoms with van der Waals surface area (Å²) in [6, 6.07) is 7.50. The second-order valence-electron chi connectivity index (χ2n) is 10.5. The van der Waals surface area contributed by atoms with Crippen LogP contribution in [0.15, 0.2) is 24.3 Å². The number of fused-ring (bicyclic) bond motifs is 3. The summed E-state index contributed by atoms with van der Waals surface area (Å²) in [7, 11) is 4.54. The van der Waals surface area contributed by atoms with Crippen LogP contribution in [0.25, 0.3) is 0 Å². The molecular formula is C30H37NO11. The lowest BCUT2D eigenvalue weighted by molar-refractivity contribution is -0.154. The number of benzene rings is 2. The van der Waals surface area contributed by atoms with Crippen molar-refractivity contribution in [2.75, 3.05) is 34.7 Å². The van der Waals surface area contributed by atoms with Crippen LogP contribution in [0.2, 0.25) is 0 Å². The standard InChI is InChI=1S/C27H28O11.C3H9N/c1-32-19-7-13(8-20(33-2)26(19)34-3)23-14-9-17-18(37-12-36-17)10-15(14)25(16-11-35-27(31)24(16)23)38-22(30)6-4-5-21(28)29;1-3(2)4/h7-10,16,23-25H,4-6,11-12H2,1-3H3,(H,28,29);3H,4H2,1-2H3/t16-,23+,24-,25-;/m0./s1. The molecule has 12 heteroatoms. The van der Waals surface area contributed by atoms with Crippen molar-refractivity contribution < 1.29 is 52.6 Å². The van der Waals surface area contributed by atoms with Gasteiger partial charge in [-0.15, -0.1) is 0 Å². The van der Waals surface area contributed by atoms with Crippen LogP contribution < -0.4 is 29.4 Å². The molecule has 2 aliphatic heterocycles. The maximum atomic E-state index is 13.2. The molecule has 228 valence electrons. The molecule has 1 fully saturated rings. The summed E-state index contributed by atoms with van der Waals surface area (Å²) in [5, 5.41) is 8.91. The molecule has 0 bridgehead atoms. The highest BCUT2D eigenvalue weighted by atomic mass is 16.7. The van der Waals surface area contributed by atoms with Gasteiger partial charge in [0.15, 0.2) is 23.0 Å². The molecule has 3 aliphatic rings. The minimum absolute atomic E-state index is 0.0433. The molecule has 12 nitrogen and oxygen atoms in total. The molecular weight excluding hydrogens is 550 g/mol. The maximum absolute atomic E-state index is 13.2. The summed E-state index contributed by atoms with van der Waals surface area (Å²) >= 11 is 0. The molecule has 0 spiro atoms. The average Bonchev–Trinajstić information content (AvgIpc) is 3.57. The zero-order valence-corrected chi connectivity index (χ0v) is 24.3. The van der Waals surface area contributed by atoms with Gasteiger partial charge in [0.25, 0.3) is 0 Å². The zero-order valence-electron chi connectivity index (χ0n) is 24.3. The van der Waals surface area contributed by atoms with E-state index in [1.165, 1.54) is 21.3 Å². The third kappa shape index (κ3) is 6.33. The topological polar surface area (TPSA) is 162 Å². The fourth-order valence-corrected chi connectivity index (χ4v) is 5.53. The number of carbonyl (C=O) groups is 3. The Morgan fingerprint density at radius 1 is 0.952 bits per heavy atom. The van der Waals surface area contributed by atoms with Crippen molar-refractivity contribution in [2.45, 2.75) is 51.2 Å². The van der Waals surface area contributed by atoms with Crippen molar-refractivity contribution >= 4 is 17.9 Å². The van der Waals surface area contributed by atoms with E-state index in [2.05, 4.69) is 0 Å². The van der Waals surface area contributed by atoms with Gasteiger partial charge in [-0.25, -0.2) is 0 Å². The highest BCUT2D eigenvalue weighted by Gasteiger charge is 2.54. The highest BCUT2D eigenvalue weighted by Crippen LogP contribution is 2.56. The summed E-state index contributed by atoms with van der Waals surface area (Å²) < 4.78 is 39.2. The molecule has 0 radical (unpaired) electrons. The molecule has 5 rings (SSSR count). The van der Waals surface area contributed by atoms with Crippen LogP contribution in [0.1, 0.15) is 61.8 Å². The molecule has 0 saturated carbocycles. The second kappa shape index (κ2) is 13.2. The number of aliphatic carboxylic acids is 1. The number of carboxylic acids is 1. The number of methoxy groups -OCH3 is 3. The minimum Gasteiger partial charge on any atom is -0.493 e. The Kier molecular flexibility index (Phi) is 9.66. The Hall–Kier alpha value is -4.19. The van der Waals surface area contributed by atoms with Crippen molar-refractivity contribution in [3.8, 4) is 28.7 Å². The van der Waals surface area contributed by atoms with Gasteiger partial charge >= 0.3 is 17.9 Å². The number of ether oxygens (including phenoxy) is 7. The fraction of sp³-hybridized carbons (Fsp3) is 0.500. The van der Waals surface area contributed by atoms with Gasteiger partial charge in [0, 0.05) is 30.2 Å². The van der Waals surface area contributed by atoms with Crippen molar-refractivity contribution in [3.63, 3.8) is 0 Å². The number of cyclic esters (lactones) is 1. The van der Waals surface area contributed by atoms with E-state index < -0.39 is 41.8 Å². The first-order chi connectivity index (χ1) is 20.1. The van der Waals surface area contributed by atoms with Gasteiger partial charge in [-0.2, -0.15) is 0 Å². The van der Waals surface area contributed by atoms with Gasteiger partial charge < -0.3 is 44.0 Å². The fourth-order valence-electron chi connectivity index (χ4n) is 5.53. The molecule has 42 heavy (non-hydrogen) atoms. The smallest absolute Gasteiger partial charge is 0.310 e. The predicted molar refractivity (Wildman–Crippen MR) is 148 cm³/mol. The molecule has 1 aliphatic carbocycles. The van der Waals surface area contributed by atoms with E-state index in [0.29, 0.717) is 45.9 Å². The van der Waals surface area contributed by atoms with Gasteiger partial charge in [-0.3, -0.25) is 14.4 Å². The van der Waals surface area contributed by atoms with Gasteiger partial charge in [-0.1, -0.05) is 13.8 Å². The van der Waals surface area contributed by atoms with Gasteiger partial charge in [0.1, 0.15) is 6.10 Å². The van der Waals surface area contributed by atoms with E-state index in [0.717, 1.165) is 5.56 Å². The van der Waals surface area contributed by atoms with Crippen molar-refractivity contribution in [1.82, 2.24) is 0 Å². The number of nitrogens with two attached hydrogens (primary N) is 1. The van der Waals surface area contributed by atoms with Crippen LogP contribution in [-0.4, -0.2) is 63.8 Å². The van der Waals surface area contributed by atoms with Crippen LogP contribution >= 0.6 is 0 Å². The molecule has 2 aromatic rings. The monoisotopic (exact) mass is 587 g/mol. The number of rotatable bonds is 9.